The van der Waals surface area contributed by atoms with E-state index < -0.39 is 22.9 Å². The third-order valence-electron chi connectivity index (χ3n) is 6.02. The Balaban J connectivity index is 1.31. The summed E-state index contributed by atoms with van der Waals surface area (Å²) in [5.74, 6) is -0.233. The van der Waals surface area contributed by atoms with Crippen LogP contribution in [0.25, 0.3) is 0 Å². The molecule has 2 aromatic rings. The molecule has 2 saturated heterocycles. The molecule has 2 aliphatic rings. The Morgan fingerprint density at radius 3 is 2.78 bits per heavy atom. The van der Waals surface area contributed by atoms with E-state index in [0.29, 0.717) is 43.4 Å². The summed E-state index contributed by atoms with van der Waals surface area (Å²) in [5.41, 5.74) is 0.813. The van der Waals surface area contributed by atoms with Crippen molar-refractivity contribution in [2.75, 3.05) is 49.1 Å². The number of nitro groups is 1. The van der Waals surface area contributed by atoms with Gasteiger partial charge in [0, 0.05) is 26.9 Å². The first-order chi connectivity index (χ1) is 17.2. The summed E-state index contributed by atoms with van der Waals surface area (Å²) in [6.07, 6.45) is 1.74. The Labute approximate surface area is 206 Å². The maximum atomic E-state index is 15.0. The molecule has 36 heavy (non-hydrogen) atoms. The van der Waals surface area contributed by atoms with Gasteiger partial charge in [-0.25, -0.2) is 18.7 Å². The van der Waals surface area contributed by atoms with E-state index in [-0.39, 0.29) is 31.4 Å². The molecule has 2 amide bonds. The molecule has 0 aliphatic carbocycles. The van der Waals surface area contributed by atoms with Gasteiger partial charge in [0.1, 0.15) is 24.7 Å². The molecule has 0 spiro atoms. The first-order valence-electron chi connectivity index (χ1n) is 11.4. The highest BCUT2D eigenvalue weighted by Crippen LogP contribution is 2.28. The van der Waals surface area contributed by atoms with Gasteiger partial charge in [0.05, 0.1) is 43.8 Å². The molecular weight excluding hydrogens is 475 g/mol. The molecule has 0 saturated carbocycles. The highest BCUT2D eigenvalue weighted by Gasteiger charge is 2.33. The Hall–Kier alpha value is -4.23. The number of anilines is 2. The monoisotopic (exact) mass is 502 g/mol. The third-order valence-corrected chi connectivity index (χ3v) is 6.02. The van der Waals surface area contributed by atoms with Crippen LogP contribution >= 0.6 is 0 Å². The molecule has 2 fully saturated rings. The number of carbonyl (C=O) groups is 2. The van der Waals surface area contributed by atoms with Crippen LogP contribution in [-0.2, 0) is 16.1 Å². The Kier molecular flexibility index (Phi) is 7.31. The molecule has 4 rings (SSSR count). The van der Waals surface area contributed by atoms with Gasteiger partial charge in [-0.3, -0.25) is 14.7 Å². The van der Waals surface area contributed by atoms with E-state index >= 15 is 0 Å². The number of imidazole rings is 1. The minimum Gasteiger partial charge on any atom is -0.442 e. The molecule has 0 bridgehead atoms. The standard InChI is InChI=1S/C22H27FN8O5/c1-15-24-13-21(31(34)35)29(15)6-5-26-28-9-7-27(8-10-28)20-4-3-17(11-19(20)23)30-14-18(36-22(30)33)12-25-16(2)32/h3-5,11,13,18H,6-10,12,14H2,1-2H3,(H,25,32)/b26-5+/t18-/m0/s1. The van der Waals surface area contributed by atoms with Crippen molar-refractivity contribution in [3.05, 3.63) is 46.2 Å². The van der Waals surface area contributed by atoms with Crippen LogP contribution < -0.4 is 15.1 Å². The third kappa shape index (κ3) is 5.53. The van der Waals surface area contributed by atoms with Crippen LogP contribution in [-0.4, -0.2) is 83.1 Å². The lowest BCUT2D eigenvalue weighted by molar-refractivity contribution is -0.392. The molecule has 14 heteroatoms. The average molecular weight is 503 g/mol. The second-order valence-electron chi connectivity index (χ2n) is 8.46. The van der Waals surface area contributed by atoms with Crippen LogP contribution in [0.1, 0.15) is 12.7 Å². The van der Waals surface area contributed by atoms with Gasteiger partial charge in [-0.15, -0.1) is 0 Å². The van der Waals surface area contributed by atoms with Gasteiger partial charge < -0.3 is 25.1 Å². The zero-order valence-electron chi connectivity index (χ0n) is 20.0. The molecular formula is C22H27FN8O5. The van der Waals surface area contributed by atoms with Crippen molar-refractivity contribution in [2.24, 2.45) is 5.10 Å². The van der Waals surface area contributed by atoms with Crippen LogP contribution in [0.3, 0.4) is 0 Å². The van der Waals surface area contributed by atoms with E-state index in [1.54, 1.807) is 25.3 Å². The Morgan fingerprint density at radius 1 is 1.36 bits per heavy atom. The second-order valence-corrected chi connectivity index (χ2v) is 8.46. The Morgan fingerprint density at radius 2 is 2.11 bits per heavy atom. The summed E-state index contributed by atoms with van der Waals surface area (Å²) in [7, 11) is 0. The van der Waals surface area contributed by atoms with Crippen molar-refractivity contribution in [3.8, 4) is 0 Å². The highest BCUT2D eigenvalue weighted by atomic mass is 19.1. The number of piperazine rings is 1. The lowest BCUT2D eigenvalue weighted by atomic mass is 10.2. The van der Waals surface area contributed by atoms with Crippen molar-refractivity contribution in [1.29, 1.82) is 0 Å². The summed E-state index contributed by atoms with van der Waals surface area (Å²) in [6.45, 7) is 5.87. The number of nitrogens with zero attached hydrogens (tertiary/aromatic N) is 7. The largest absolute Gasteiger partial charge is 0.442 e. The number of hydrogen-bond acceptors (Lipinski definition) is 9. The Bertz CT molecular complexity index is 1180. The number of hydrogen-bond donors (Lipinski definition) is 1. The fourth-order valence-electron chi connectivity index (χ4n) is 4.13. The first-order valence-corrected chi connectivity index (χ1v) is 11.4. The van der Waals surface area contributed by atoms with Gasteiger partial charge in [0.15, 0.2) is 5.82 Å². The number of benzene rings is 1. The SMILES string of the molecule is CC(=O)NC[C@H]1CN(c2ccc(N3CCN(/N=C/Cn4c([N+](=O)[O-])cnc4C)CC3)c(F)c2)C(=O)O1. The van der Waals surface area contributed by atoms with Gasteiger partial charge >= 0.3 is 11.9 Å². The number of cyclic esters (lactones) is 1. The minimum absolute atomic E-state index is 0.0897. The molecule has 3 heterocycles. The van der Waals surface area contributed by atoms with E-state index in [1.807, 2.05) is 9.91 Å². The maximum absolute atomic E-state index is 15.0. The quantitative estimate of drug-likeness (QED) is 0.326. The zero-order chi connectivity index (χ0) is 25.8. The number of aryl methyl sites for hydroxylation is 1. The summed E-state index contributed by atoms with van der Waals surface area (Å²) in [6, 6.07) is 4.62. The molecule has 1 aromatic heterocycles. The summed E-state index contributed by atoms with van der Waals surface area (Å²) >= 11 is 0. The predicted octanol–water partition coefficient (Wildman–Crippen LogP) is 1.51. The van der Waals surface area contributed by atoms with Gasteiger partial charge in [0.2, 0.25) is 5.91 Å². The predicted molar refractivity (Wildman–Crippen MR) is 129 cm³/mol. The van der Waals surface area contributed by atoms with Crippen LogP contribution in [0.15, 0.2) is 29.5 Å². The topological polar surface area (TPSA) is 138 Å². The van der Waals surface area contributed by atoms with E-state index in [0.717, 1.165) is 0 Å². The second kappa shape index (κ2) is 10.6. The van der Waals surface area contributed by atoms with Gasteiger partial charge in [-0.05, 0) is 23.1 Å². The van der Waals surface area contributed by atoms with Crippen molar-refractivity contribution in [3.63, 3.8) is 0 Å². The van der Waals surface area contributed by atoms with Crippen molar-refractivity contribution < 1.29 is 23.6 Å². The number of ether oxygens (including phenoxy) is 1. The van der Waals surface area contributed by atoms with Crippen LogP contribution in [0.5, 0.6) is 0 Å². The average Bonchev–Trinajstić information content (AvgIpc) is 3.40. The fraction of sp³-hybridized carbons (Fsp3) is 0.455. The molecule has 1 aromatic carbocycles. The van der Waals surface area contributed by atoms with Crippen molar-refractivity contribution >= 4 is 35.4 Å². The summed E-state index contributed by atoms with van der Waals surface area (Å²) < 4.78 is 21.7. The molecule has 2 aliphatic heterocycles. The van der Waals surface area contributed by atoms with E-state index in [4.69, 9.17) is 4.74 Å². The number of rotatable bonds is 8. The number of hydrazone groups is 1. The fourth-order valence-corrected chi connectivity index (χ4v) is 4.13. The number of carbonyl (C=O) groups excluding carboxylic acids is 2. The summed E-state index contributed by atoms with van der Waals surface area (Å²) in [4.78, 5) is 41.1. The molecule has 0 radical (unpaired) electrons. The highest BCUT2D eigenvalue weighted by molar-refractivity contribution is 5.90. The van der Waals surface area contributed by atoms with Gasteiger partial charge in [-0.2, -0.15) is 5.10 Å². The van der Waals surface area contributed by atoms with Crippen LogP contribution in [0, 0.1) is 22.9 Å². The van der Waals surface area contributed by atoms with Crippen molar-refractivity contribution in [2.45, 2.75) is 26.5 Å². The van der Waals surface area contributed by atoms with E-state index in [9.17, 15) is 24.1 Å². The molecule has 1 N–H and O–H groups in total. The summed E-state index contributed by atoms with van der Waals surface area (Å²) in [5, 5.41) is 19.9. The number of amides is 2. The maximum Gasteiger partial charge on any atom is 0.414 e. The number of aromatic nitrogens is 2. The molecule has 192 valence electrons. The van der Waals surface area contributed by atoms with Crippen LogP contribution in [0.4, 0.5) is 26.4 Å². The number of halogens is 1. The molecule has 1 atom stereocenters. The lowest BCUT2D eigenvalue weighted by Crippen LogP contribution is -2.44. The number of nitrogens with one attached hydrogen (secondary N) is 1. The van der Waals surface area contributed by atoms with E-state index in [1.165, 1.54) is 28.7 Å². The van der Waals surface area contributed by atoms with Crippen molar-refractivity contribution in [1.82, 2.24) is 19.9 Å². The van der Waals surface area contributed by atoms with Crippen LogP contribution in [0.2, 0.25) is 0 Å². The smallest absolute Gasteiger partial charge is 0.414 e. The van der Waals surface area contributed by atoms with E-state index in [2.05, 4.69) is 15.4 Å². The molecule has 13 nitrogen and oxygen atoms in total. The minimum atomic E-state index is -0.583. The van der Waals surface area contributed by atoms with Gasteiger partial charge in [-0.1, -0.05) is 0 Å². The van der Waals surface area contributed by atoms with Gasteiger partial charge in [0.25, 0.3) is 0 Å². The molecule has 0 unspecified atom stereocenters. The lowest BCUT2D eigenvalue weighted by Gasteiger charge is -2.34. The zero-order valence-corrected chi connectivity index (χ0v) is 20.0. The first kappa shape index (κ1) is 24.9. The normalized spacial score (nSPS) is 18.1.